The molecule has 0 saturated heterocycles. The predicted molar refractivity (Wildman–Crippen MR) is 68.5 cm³/mol. The number of hydrogen-bond donors (Lipinski definition) is 1. The molecule has 0 aliphatic rings. The van der Waals surface area contributed by atoms with E-state index in [-0.39, 0.29) is 0 Å². The van der Waals surface area contributed by atoms with Gasteiger partial charge in [-0.3, -0.25) is 0 Å². The second kappa shape index (κ2) is 3.63. The molecular weight excluding hydrogens is 317 g/mol. The second-order valence-electron chi connectivity index (χ2n) is 2.73. The van der Waals surface area contributed by atoms with Crippen molar-refractivity contribution in [1.29, 1.82) is 0 Å². The topological polar surface area (TPSA) is 26.0 Å². The molecule has 13 heavy (non-hydrogen) atoms. The van der Waals surface area contributed by atoms with E-state index in [9.17, 15) is 0 Å². The SMILES string of the molecule is Nc1ccc(I)c2cc(CCl)sc12. The Hall–Kier alpha value is -0.000000000000000139. The summed E-state index contributed by atoms with van der Waals surface area (Å²) in [4.78, 5) is 1.17. The molecule has 1 heterocycles. The Morgan fingerprint density at radius 3 is 2.85 bits per heavy atom. The predicted octanol–water partition coefficient (Wildman–Crippen LogP) is 3.83. The Kier molecular flexibility index (Phi) is 2.67. The van der Waals surface area contributed by atoms with Gasteiger partial charge in [-0.25, -0.2) is 0 Å². The molecule has 0 aliphatic heterocycles. The zero-order valence-electron chi connectivity index (χ0n) is 6.68. The van der Waals surface area contributed by atoms with Crippen LogP contribution in [0.5, 0.6) is 0 Å². The number of nitrogen functional groups attached to an aromatic ring is 1. The maximum Gasteiger partial charge on any atom is 0.0586 e. The molecule has 0 spiro atoms. The Labute approximate surface area is 99.0 Å². The second-order valence-corrected chi connectivity index (χ2v) is 5.29. The molecule has 1 aromatic carbocycles. The fraction of sp³-hybridized carbons (Fsp3) is 0.111. The van der Waals surface area contributed by atoms with Crippen LogP contribution in [-0.2, 0) is 5.88 Å². The highest BCUT2D eigenvalue weighted by molar-refractivity contribution is 14.1. The number of hydrogen-bond acceptors (Lipinski definition) is 2. The minimum absolute atomic E-state index is 0.564. The van der Waals surface area contributed by atoms with Crippen molar-refractivity contribution in [2.24, 2.45) is 0 Å². The van der Waals surface area contributed by atoms with Crippen molar-refractivity contribution in [3.63, 3.8) is 0 Å². The largest absolute Gasteiger partial charge is 0.398 e. The van der Waals surface area contributed by atoms with Crippen molar-refractivity contribution < 1.29 is 0 Å². The van der Waals surface area contributed by atoms with Gasteiger partial charge in [0.05, 0.1) is 10.6 Å². The lowest BCUT2D eigenvalue weighted by Gasteiger charge is -1.96. The van der Waals surface area contributed by atoms with E-state index >= 15 is 0 Å². The molecule has 0 amide bonds. The molecule has 68 valence electrons. The first-order valence-electron chi connectivity index (χ1n) is 3.74. The van der Waals surface area contributed by atoms with Crippen LogP contribution in [0.25, 0.3) is 10.1 Å². The Morgan fingerprint density at radius 1 is 1.46 bits per heavy atom. The van der Waals surface area contributed by atoms with Crippen LogP contribution < -0.4 is 5.73 Å². The summed E-state index contributed by atoms with van der Waals surface area (Å²) in [5.41, 5.74) is 6.70. The summed E-state index contributed by atoms with van der Waals surface area (Å²) in [6.07, 6.45) is 0. The number of alkyl halides is 1. The monoisotopic (exact) mass is 323 g/mol. The molecule has 0 atom stereocenters. The standard InChI is InChI=1S/C9H7ClINS/c10-4-5-3-6-7(11)1-2-8(12)9(6)13-5/h1-3H,4,12H2. The molecule has 1 nitrogen and oxygen atoms in total. The van der Waals surface area contributed by atoms with Crippen molar-refractivity contribution in [1.82, 2.24) is 0 Å². The number of thiophene rings is 1. The summed E-state index contributed by atoms with van der Waals surface area (Å²) in [5, 5.41) is 1.22. The van der Waals surface area contributed by atoms with Crippen LogP contribution in [0.15, 0.2) is 18.2 Å². The van der Waals surface area contributed by atoms with Gasteiger partial charge in [0, 0.05) is 19.5 Å². The Balaban J connectivity index is 2.80. The average Bonchev–Trinajstić information content (AvgIpc) is 2.56. The summed E-state index contributed by atoms with van der Waals surface area (Å²) in [5.74, 6) is 0.564. The minimum Gasteiger partial charge on any atom is -0.398 e. The third kappa shape index (κ3) is 1.65. The average molecular weight is 324 g/mol. The summed E-state index contributed by atoms with van der Waals surface area (Å²) in [7, 11) is 0. The van der Waals surface area contributed by atoms with Crippen molar-refractivity contribution >= 4 is 61.3 Å². The van der Waals surface area contributed by atoms with Gasteiger partial charge in [0.15, 0.2) is 0 Å². The van der Waals surface area contributed by atoms with Crippen LogP contribution in [0.1, 0.15) is 4.88 Å². The van der Waals surface area contributed by atoms with Crippen molar-refractivity contribution in [3.05, 3.63) is 26.6 Å². The van der Waals surface area contributed by atoms with E-state index in [4.69, 9.17) is 17.3 Å². The maximum atomic E-state index is 5.86. The van der Waals surface area contributed by atoms with Crippen LogP contribution in [-0.4, -0.2) is 0 Å². The van der Waals surface area contributed by atoms with Crippen LogP contribution in [0.3, 0.4) is 0 Å². The number of anilines is 1. The first-order chi connectivity index (χ1) is 6.22. The van der Waals surface area contributed by atoms with Gasteiger partial charge in [0.2, 0.25) is 0 Å². The lowest BCUT2D eigenvalue weighted by Crippen LogP contribution is -1.84. The van der Waals surface area contributed by atoms with E-state index in [0.29, 0.717) is 5.88 Å². The molecular formula is C9H7ClINS. The summed E-state index contributed by atoms with van der Waals surface area (Å²) in [6, 6.07) is 6.09. The van der Waals surface area contributed by atoms with Gasteiger partial charge in [-0.2, -0.15) is 0 Å². The lowest BCUT2D eigenvalue weighted by atomic mass is 10.2. The molecule has 2 N–H and O–H groups in total. The quantitative estimate of drug-likeness (QED) is 0.482. The first kappa shape index (κ1) is 9.55. The minimum atomic E-state index is 0.564. The van der Waals surface area contributed by atoms with E-state index in [1.807, 2.05) is 12.1 Å². The van der Waals surface area contributed by atoms with Crippen LogP contribution in [0.4, 0.5) is 5.69 Å². The molecule has 0 radical (unpaired) electrons. The van der Waals surface area contributed by atoms with Gasteiger partial charge in [0.25, 0.3) is 0 Å². The number of nitrogens with two attached hydrogens (primary N) is 1. The molecule has 1 aromatic heterocycles. The van der Waals surface area contributed by atoms with Gasteiger partial charge >= 0.3 is 0 Å². The fourth-order valence-electron chi connectivity index (χ4n) is 1.23. The highest BCUT2D eigenvalue weighted by atomic mass is 127. The highest BCUT2D eigenvalue weighted by Gasteiger charge is 2.06. The van der Waals surface area contributed by atoms with Gasteiger partial charge in [-0.1, -0.05) is 0 Å². The fourth-order valence-corrected chi connectivity index (χ4v) is 3.22. The van der Waals surface area contributed by atoms with E-state index in [1.54, 1.807) is 11.3 Å². The van der Waals surface area contributed by atoms with E-state index in [1.165, 1.54) is 13.8 Å². The highest BCUT2D eigenvalue weighted by Crippen LogP contribution is 2.34. The van der Waals surface area contributed by atoms with E-state index in [2.05, 4.69) is 28.7 Å². The van der Waals surface area contributed by atoms with Crippen LogP contribution >= 0.6 is 45.5 Å². The molecule has 0 bridgehead atoms. The van der Waals surface area contributed by atoms with E-state index in [0.717, 1.165) is 10.4 Å². The summed E-state index contributed by atoms with van der Waals surface area (Å²) < 4.78 is 2.39. The molecule has 2 aromatic rings. The maximum absolute atomic E-state index is 5.86. The Bertz CT molecular complexity index is 413. The Morgan fingerprint density at radius 2 is 2.23 bits per heavy atom. The third-order valence-electron chi connectivity index (χ3n) is 1.84. The van der Waals surface area contributed by atoms with Gasteiger partial charge in [-0.15, -0.1) is 22.9 Å². The van der Waals surface area contributed by atoms with E-state index < -0.39 is 0 Å². The summed E-state index contributed by atoms with van der Waals surface area (Å²) >= 11 is 9.76. The number of rotatable bonds is 1. The van der Waals surface area contributed by atoms with Crippen LogP contribution in [0.2, 0.25) is 0 Å². The van der Waals surface area contributed by atoms with Gasteiger partial charge < -0.3 is 5.73 Å². The molecule has 0 fully saturated rings. The molecule has 0 aliphatic carbocycles. The molecule has 2 rings (SSSR count). The number of benzene rings is 1. The van der Waals surface area contributed by atoms with Crippen molar-refractivity contribution in [2.75, 3.05) is 5.73 Å². The number of fused-ring (bicyclic) bond motifs is 1. The normalized spacial score (nSPS) is 10.9. The van der Waals surface area contributed by atoms with Crippen molar-refractivity contribution in [2.45, 2.75) is 5.88 Å². The third-order valence-corrected chi connectivity index (χ3v) is 4.41. The lowest BCUT2D eigenvalue weighted by molar-refractivity contribution is 1.54. The molecule has 0 saturated carbocycles. The summed E-state index contributed by atoms with van der Waals surface area (Å²) in [6.45, 7) is 0. The molecule has 0 unspecified atom stereocenters. The molecule has 4 heteroatoms. The smallest absolute Gasteiger partial charge is 0.0586 e. The number of halogens is 2. The zero-order chi connectivity index (χ0) is 9.42. The zero-order valence-corrected chi connectivity index (χ0v) is 10.4. The first-order valence-corrected chi connectivity index (χ1v) is 6.17. The van der Waals surface area contributed by atoms with Crippen LogP contribution in [0, 0.1) is 3.57 Å². The van der Waals surface area contributed by atoms with Gasteiger partial charge in [-0.05, 0) is 40.8 Å². The van der Waals surface area contributed by atoms with Gasteiger partial charge in [0.1, 0.15) is 0 Å². The van der Waals surface area contributed by atoms with Crippen molar-refractivity contribution in [3.8, 4) is 0 Å².